The van der Waals surface area contributed by atoms with Gasteiger partial charge in [-0.15, -0.1) is 0 Å². The largest absolute Gasteiger partial charge is 0.337 e. The molecule has 0 bridgehead atoms. The number of piperazine rings is 1. The maximum absolute atomic E-state index is 12.9. The fourth-order valence-electron chi connectivity index (χ4n) is 3.78. The molecule has 3 aromatic rings. The molecule has 1 saturated heterocycles. The van der Waals surface area contributed by atoms with Crippen LogP contribution in [0.2, 0.25) is 0 Å². The molecule has 2 heterocycles. The van der Waals surface area contributed by atoms with E-state index in [4.69, 9.17) is 0 Å². The summed E-state index contributed by atoms with van der Waals surface area (Å²) in [5.74, 6) is 0.583. The van der Waals surface area contributed by atoms with Gasteiger partial charge in [-0.2, -0.15) is 0 Å². The molecule has 0 aliphatic carbocycles. The van der Waals surface area contributed by atoms with E-state index in [-0.39, 0.29) is 16.2 Å². The number of nitrogens with one attached hydrogen (secondary N) is 1. The summed E-state index contributed by atoms with van der Waals surface area (Å²) in [6, 6.07) is 15.2. The smallest absolute Gasteiger partial charge is 0.261 e. The molecule has 0 atom stereocenters. The molecular weight excluding hydrogens is 450 g/mol. The van der Waals surface area contributed by atoms with Crippen molar-refractivity contribution in [3.63, 3.8) is 0 Å². The lowest BCUT2D eigenvalue weighted by Gasteiger charge is -2.34. The molecule has 1 aliphatic heterocycles. The van der Waals surface area contributed by atoms with Crippen LogP contribution in [0.25, 0.3) is 0 Å². The van der Waals surface area contributed by atoms with Gasteiger partial charge >= 0.3 is 0 Å². The van der Waals surface area contributed by atoms with Gasteiger partial charge in [0.05, 0.1) is 4.90 Å². The number of carbonyl (C=O) groups is 1. The molecule has 0 saturated carbocycles. The van der Waals surface area contributed by atoms with Gasteiger partial charge < -0.3 is 9.80 Å². The van der Waals surface area contributed by atoms with Crippen molar-refractivity contribution in [2.24, 2.45) is 0 Å². The van der Waals surface area contributed by atoms with Crippen LogP contribution in [0.15, 0.2) is 71.9 Å². The number of anilines is 2. The lowest BCUT2D eigenvalue weighted by Crippen LogP contribution is -2.49. The Kier molecular flexibility index (Phi) is 6.56. The number of carbonyl (C=O) groups excluding carboxylic acids is 1. The van der Waals surface area contributed by atoms with E-state index < -0.39 is 10.0 Å². The molecular formula is C25H29N5O3S. The summed E-state index contributed by atoms with van der Waals surface area (Å²) in [5, 5.41) is 0. The van der Waals surface area contributed by atoms with Crippen LogP contribution >= 0.6 is 0 Å². The summed E-state index contributed by atoms with van der Waals surface area (Å²) in [5.41, 5.74) is 1.93. The second kappa shape index (κ2) is 9.42. The molecule has 178 valence electrons. The van der Waals surface area contributed by atoms with Crippen LogP contribution < -0.4 is 9.62 Å². The SMILES string of the molecule is CC(C)(C)c1ccc(S(=O)(=O)Nc2ccc(C(=O)N3CCN(c4ncccn4)CC3)cc2)cc1. The summed E-state index contributed by atoms with van der Waals surface area (Å²) in [7, 11) is -3.72. The molecule has 1 aromatic heterocycles. The zero-order valence-electron chi connectivity index (χ0n) is 19.6. The maximum Gasteiger partial charge on any atom is 0.261 e. The van der Waals surface area contributed by atoms with Gasteiger partial charge in [-0.1, -0.05) is 32.9 Å². The predicted molar refractivity (Wildman–Crippen MR) is 133 cm³/mol. The molecule has 0 spiro atoms. The number of hydrogen-bond acceptors (Lipinski definition) is 6. The third kappa shape index (κ3) is 5.36. The number of nitrogens with zero attached hydrogens (tertiary/aromatic N) is 4. The molecule has 1 N–H and O–H groups in total. The molecule has 4 rings (SSSR count). The molecule has 9 heteroatoms. The number of rotatable bonds is 5. The van der Waals surface area contributed by atoms with E-state index in [0.717, 1.165) is 5.56 Å². The first kappa shape index (κ1) is 23.7. The van der Waals surface area contributed by atoms with Crippen LogP contribution in [-0.2, 0) is 15.4 Å². The Balaban J connectivity index is 1.38. The molecule has 1 amide bonds. The van der Waals surface area contributed by atoms with Crippen LogP contribution in [0, 0.1) is 0 Å². The Labute approximate surface area is 200 Å². The lowest BCUT2D eigenvalue weighted by molar-refractivity contribution is 0.0746. The Morgan fingerprint density at radius 2 is 1.47 bits per heavy atom. The first-order chi connectivity index (χ1) is 16.1. The van der Waals surface area contributed by atoms with Gasteiger partial charge in [0.25, 0.3) is 15.9 Å². The van der Waals surface area contributed by atoms with Crippen molar-refractivity contribution < 1.29 is 13.2 Å². The van der Waals surface area contributed by atoms with Crippen molar-refractivity contribution in [1.29, 1.82) is 0 Å². The molecule has 1 fully saturated rings. The van der Waals surface area contributed by atoms with Crippen molar-refractivity contribution in [2.75, 3.05) is 35.8 Å². The maximum atomic E-state index is 12.9. The van der Waals surface area contributed by atoms with Gasteiger partial charge in [0.2, 0.25) is 5.95 Å². The second-order valence-electron chi connectivity index (χ2n) is 9.29. The quantitative estimate of drug-likeness (QED) is 0.601. The molecule has 8 nitrogen and oxygen atoms in total. The molecule has 2 aromatic carbocycles. The van der Waals surface area contributed by atoms with Crippen molar-refractivity contribution >= 4 is 27.6 Å². The second-order valence-corrected chi connectivity index (χ2v) is 11.0. The number of hydrogen-bond donors (Lipinski definition) is 1. The van der Waals surface area contributed by atoms with Crippen molar-refractivity contribution in [3.8, 4) is 0 Å². The highest BCUT2D eigenvalue weighted by Crippen LogP contribution is 2.24. The highest BCUT2D eigenvalue weighted by atomic mass is 32.2. The topological polar surface area (TPSA) is 95.5 Å². The van der Waals surface area contributed by atoms with E-state index in [0.29, 0.717) is 43.4 Å². The van der Waals surface area contributed by atoms with Crippen LogP contribution in [0.3, 0.4) is 0 Å². The normalized spacial score (nSPS) is 14.7. The van der Waals surface area contributed by atoms with Crippen LogP contribution in [0.1, 0.15) is 36.7 Å². The fraction of sp³-hybridized carbons (Fsp3) is 0.320. The molecule has 1 aliphatic rings. The third-order valence-corrected chi connectivity index (χ3v) is 7.21. The Bertz CT molecular complexity index is 1230. The molecule has 34 heavy (non-hydrogen) atoms. The van der Waals surface area contributed by atoms with E-state index in [2.05, 4.69) is 40.4 Å². The molecule has 0 radical (unpaired) electrons. The van der Waals surface area contributed by atoms with Gasteiger partial charge in [-0.05, 0) is 53.4 Å². The average molecular weight is 480 g/mol. The van der Waals surface area contributed by atoms with Gasteiger partial charge in [0, 0.05) is 49.8 Å². The highest BCUT2D eigenvalue weighted by Gasteiger charge is 2.24. The first-order valence-corrected chi connectivity index (χ1v) is 12.7. The van der Waals surface area contributed by atoms with Crippen molar-refractivity contribution in [2.45, 2.75) is 31.1 Å². The number of benzene rings is 2. The Hall–Kier alpha value is -3.46. The van der Waals surface area contributed by atoms with Crippen LogP contribution in [0.4, 0.5) is 11.6 Å². The highest BCUT2D eigenvalue weighted by molar-refractivity contribution is 7.92. The number of aromatic nitrogens is 2. The third-order valence-electron chi connectivity index (χ3n) is 5.82. The van der Waals surface area contributed by atoms with E-state index in [1.165, 1.54) is 0 Å². The van der Waals surface area contributed by atoms with E-state index >= 15 is 0 Å². The summed E-state index contributed by atoms with van der Waals surface area (Å²) >= 11 is 0. The van der Waals surface area contributed by atoms with E-state index in [9.17, 15) is 13.2 Å². The summed E-state index contributed by atoms with van der Waals surface area (Å²) in [6.07, 6.45) is 3.41. The standard InChI is InChI=1S/C25H29N5O3S/c1-25(2,3)20-7-11-22(12-8-20)34(32,33)28-21-9-5-19(6-10-21)23(31)29-15-17-30(18-16-29)24-26-13-4-14-27-24/h4-14,28H,15-18H2,1-3H3. The average Bonchev–Trinajstić information content (AvgIpc) is 2.84. The van der Waals surface area contributed by atoms with Gasteiger partial charge in [0.15, 0.2) is 0 Å². The van der Waals surface area contributed by atoms with E-state index in [1.807, 2.05) is 12.1 Å². The fourth-order valence-corrected chi connectivity index (χ4v) is 4.83. The minimum atomic E-state index is -3.72. The lowest BCUT2D eigenvalue weighted by atomic mass is 9.87. The zero-order valence-corrected chi connectivity index (χ0v) is 20.4. The van der Waals surface area contributed by atoms with Crippen molar-refractivity contribution in [1.82, 2.24) is 14.9 Å². The minimum Gasteiger partial charge on any atom is -0.337 e. The summed E-state index contributed by atoms with van der Waals surface area (Å²) in [4.78, 5) is 25.5. The Morgan fingerprint density at radius 3 is 2.03 bits per heavy atom. The monoisotopic (exact) mass is 479 g/mol. The van der Waals surface area contributed by atoms with Crippen LogP contribution in [-0.4, -0.2) is 55.4 Å². The van der Waals surface area contributed by atoms with Gasteiger partial charge in [-0.25, -0.2) is 18.4 Å². The molecule has 0 unspecified atom stereocenters. The van der Waals surface area contributed by atoms with Gasteiger partial charge in [0.1, 0.15) is 0 Å². The Morgan fingerprint density at radius 1 is 0.882 bits per heavy atom. The minimum absolute atomic E-state index is 0.0555. The number of amides is 1. The van der Waals surface area contributed by atoms with Crippen molar-refractivity contribution in [3.05, 3.63) is 78.1 Å². The van der Waals surface area contributed by atoms with E-state index in [1.54, 1.807) is 59.8 Å². The van der Waals surface area contributed by atoms with Crippen LogP contribution in [0.5, 0.6) is 0 Å². The zero-order chi connectivity index (χ0) is 24.3. The predicted octanol–water partition coefficient (Wildman–Crippen LogP) is 3.54. The van der Waals surface area contributed by atoms with Gasteiger partial charge in [-0.3, -0.25) is 9.52 Å². The summed E-state index contributed by atoms with van der Waals surface area (Å²) in [6.45, 7) is 8.68. The first-order valence-electron chi connectivity index (χ1n) is 11.2. The summed E-state index contributed by atoms with van der Waals surface area (Å²) < 4.78 is 28.1. The number of sulfonamides is 1.